The van der Waals surface area contributed by atoms with Crippen molar-refractivity contribution in [3.8, 4) is 5.75 Å². The fraction of sp³-hybridized carbons (Fsp3) is 0.500. The summed E-state index contributed by atoms with van der Waals surface area (Å²) in [5, 5.41) is 3.27. The smallest absolute Gasteiger partial charge is 0.119 e. The van der Waals surface area contributed by atoms with Gasteiger partial charge in [0.05, 0.1) is 0 Å². The van der Waals surface area contributed by atoms with Crippen LogP contribution >= 0.6 is 15.9 Å². The number of hydrogen-bond donors (Lipinski definition) is 1. The van der Waals surface area contributed by atoms with Gasteiger partial charge in [0.1, 0.15) is 12.4 Å². The van der Waals surface area contributed by atoms with Crippen LogP contribution in [0.4, 0.5) is 0 Å². The van der Waals surface area contributed by atoms with Crippen molar-refractivity contribution < 1.29 is 8.95 Å². The lowest BCUT2D eigenvalue weighted by Crippen LogP contribution is -2.34. The Hall–Kier alpha value is -0.390. The summed E-state index contributed by atoms with van der Waals surface area (Å²) in [6, 6.07) is 8.01. The molecule has 0 radical (unpaired) electrons. The first-order valence-electron chi connectivity index (χ1n) is 5.49. The van der Waals surface area contributed by atoms with Gasteiger partial charge in [-0.2, -0.15) is 0 Å². The summed E-state index contributed by atoms with van der Waals surface area (Å²) >= 11 is 3.37. The van der Waals surface area contributed by atoms with Crippen LogP contribution in [0.25, 0.3) is 0 Å². The monoisotopic (exact) mass is 319 g/mol. The molecule has 0 amide bonds. The van der Waals surface area contributed by atoms with Gasteiger partial charge < -0.3 is 10.1 Å². The maximum Gasteiger partial charge on any atom is 0.119 e. The zero-order chi connectivity index (χ0) is 12.7. The third-order valence-electron chi connectivity index (χ3n) is 2.16. The molecule has 0 spiro atoms. The predicted molar refractivity (Wildman–Crippen MR) is 76.0 cm³/mol. The Kier molecular flexibility index (Phi) is 6.77. The molecule has 5 heteroatoms. The van der Waals surface area contributed by atoms with E-state index in [9.17, 15) is 4.21 Å². The van der Waals surface area contributed by atoms with E-state index >= 15 is 0 Å². The molecule has 2 unspecified atom stereocenters. The summed E-state index contributed by atoms with van der Waals surface area (Å²) in [7, 11) is -0.748. The predicted octanol–water partition coefficient (Wildman–Crippen LogP) is 2.18. The number of halogens is 1. The third-order valence-corrected chi connectivity index (χ3v) is 3.66. The second kappa shape index (κ2) is 7.84. The number of rotatable bonds is 7. The molecular weight excluding hydrogens is 302 g/mol. The number of hydrogen-bond acceptors (Lipinski definition) is 3. The van der Waals surface area contributed by atoms with Crippen LogP contribution in [0, 0.1) is 0 Å². The molecule has 0 aliphatic carbocycles. The fourth-order valence-electron chi connectivity index (χ4n) is 1.42. The van der Waals surface area contributed by atoms with Crippen molar-refractivity contribution in [3.63, 3.8) is 0 Å². The molecule has 0 heterocycles. The Morgan fingerprint density at radius 2 is 2.06 bits per heavy atom. The van der Waals surface area contributed by atoms with Crippen LogP contribution in [0.1, 0.15) is 6.92 Å². The van der Waals surface area contributed by atoms with Gasteiger partial charge in [0, 0.05) is 39.9 Å². The van der Waals surface area contributed by atoms with Crippen molar-refractivity contribution in [3.05, 3.63) is 28.7 Å². The van der Waals surface area contributed by atoms with Crippen LogP contribution in [-0.4, -0.2) is 35.4 Å². The summed E-state index contributed by atoms with van der Waals surface area (Å²) in [5.41, 5.74) is 0. The summed E-state index contributed by atoms with van der Waals surface area (Å²) in [6.45, 7) is 3.40. The first-order chi connectivity index (χ1) is 8.08. The van der Waals surface area contributed by atoms with Crippen LogP contribution in [0.3, 0.4) is 0 Å². The molecule has 1 aromatic carbocycles. The van der Waals surface area contributed by atoms with E-state index in [-0.39, 0.29) is 6.04 Å². The standard InChI is InChI=1S/C12H18BrNO2S/c1-10(9-17(2)15)14-7-8-16-12-5-3-11(13)4-6-12/h3-6,10,14H,7-9H2,1-2H3. The molecule has 96 valence electrons. The minimum atomic E-state index is -0.748. The Bertz CT molecular complexity index is 356. The topological polar surface area (TPSA) is 38.3 Å². The van der Waals surface area contributed by atoms with Crippen molar-refractivity contribution in [2.75, 3.05) is 25.2 Å². The van der Waals surface area contributed by atoms with Gasteiger partial charge in [-0.15, -0.1) is 0 Å². The van der Waals surface area contributed by atoms with E-state index < -0.39 is 10.8 Å². The highest BCUT2D eigenvalue weighted by molar-refractivity contribution is 9.10. The minimum Gasteiger partial charge on any atom is -0.492 e. The number of ether oxygens (including phenoxy) is 1. The van der Waals surface area contributed by atoms with Crippen molar-refractivity contribution in [2.24, 2.45) is 0 Å². The van der Waals surface area contributed by atoms with Crippen LogP contribution < -0.4 is 10.1 Å². The van der Waals surface area contributed by atoms with Gasteiger partial charge in [0.2, 0.25) is 0 Å². The zero-order valence-corrected chi connectivity index (χ0v) is 12.5. The summed E-state index contributed by atoms with van der Waals surface area (Å²) in [6.07, 6.45) is 1.72. The first-order valence-corrected chi connectivity index (χ1v) is 8.01. The van der Waals surface area contributed by atoms with E-state index in [1.807, 2.05) is 31.2 Å². The molecule has 0 saturated carbocycles. The van der Waals surface area contributed by atoms with Gasteiger partial charge in [-0.05, 0) is 31.2 Å². The van der Waals surface area contributed by atoms with Crippen LogP contribution in [0.15, 0.2) is 28.7 Å². The summed E-state index contributed by atoms with van der Waals surface area (Å²) in [4.78, 5) is 0. The van der Waals surface area contributed by atoms with Gasteiger partial charge in [-0.25, -0.2) is 0 Å². The highest BCUT2D eigenvalue weighted by Gasteiger charge is 2.02. The lowest BCUT2D eigenvalue weighted by Gasteiger charge is -2.12. The molecule has 1 N–H and O–H groups in total. The Labute approximate surface area is 114 Å². The number of nitrogens with one attached hydrogen (secondary N) is 1. The van der Waals surface area contributed by atoms with Crippen molar-refractivity contribution in [2.45, 2.75) is 13.0 Å². The second-order valence-electron chi connectivity index (χ2n) is 3.90. The lowest BCUT2D eigenvalue weighted by molar-refractivity contribution is 0.309. The molecule has 0 aromatic heterocycles. The highest BCUT2D eigenvalue weighted by Crippen LogP contribution is 2.15. The third kappa shape index (κ3) is 6.81. The average molecular weight is 320 g/mol. The molecule has 0 bridgehead atoms. The van der Waals surface area contributed by atoms with Crippen molar-refractivity contribution in [1.29, 1.82) is 0 Å². The quantitative estimate of drug-likeness (QED) is 0.783. The normalized spacial score (nSPS) is 14.3. The van der Waals surface area contributed by atoms with E-state index in [1.54, 1.807) is 6.26 Å². The molecule has 0 aliphatic heterocycles. The van der Waals surface area contributed by atoms with E-state index in [2.05, 4.69) is 21.2 Å². The molecular formula is C12H18BrNO2S. The molecule has 3 nitrogen and oxygen atoms in total. The van der Waals surface area contributed by atoms with Crippen LogP contribution in [0.5, 0.6) is 5.75 Å². The van der Waals surface area contributed by atoms with Gasteiger partial charge in [0.25, 0.3) is 0 Å². The highest BCUT2D eigenvalue weighted by atomic mass is 79.9. The fourth-order valence-corrected chi connectivity index (χ4v) is 2.50. The SMILES string of the molecule is CC(CS(C)=O)NCCOc1ccc(Br)cc1. The van der Waals surface area contributed by atoms with E-state index in [0.717, 1.165) is 16.8 Å². The molecule has 1 aromatic rings. The average Bonchev–Trinajstić information content (AvgIpc) is 2.26. The Morgan fingerprint density at radius 3 is 2.65 bits per heavy atom. The molecule has 2 atom stereocenters. The van der Waals surface area contributed by atoms with E-state index in [1.165, 1.54) is 0 Å². The van der Waals surface area contributed by atoms with Gasteiger partial charge in [-0.3, -0.25) is 4.21 Å². The maximum atomic E-state index is 11.0. The summed E-state index contributed by atoms with van der Waals surface area (Å²) in [5.74, 6) is 1.54. The second-order valence-corrected chi connectivity index (χ2v) is 6.29. The van der Waals surface area contributed by atoms with Gasteiger partial charge in [0.15, 0.2) is 0 Å². The Morgan fingerprint density at radius 1 is 1.41 bits per heavy atom. The minimum absolute atomic E-state index is 0.259. The van der Waals surface area contributed by atoms with Crippen LogP contribution in [0.2, 0.25) is 0 Å². The molecule has 0 aliphatic rings. The van der Waals surface area contributed by atoms with E-state index in [4.69, 9.17) is 4.74 Å². The van der Waals surface area contributed by atoms with E-state index in [0.29, 0.717) is 12.4 Å². The Balaban J connectivity index is 2.15. The molecule has 0 saturated heterocycles. The van der Waals surface area contributed by atoms with Gasteiger partial charge >= 0.3 is 0 Å². The summed E-state index contributed by atoms with van der Waals surface area (Å²) < 4.78 is 17.6. The van der Waals surface area contributed by atoms with Crippen molar-refractivity contribution >= 4 is 26.7 Å². The maximum absolute atomic E-state index is 11.0. The lowest BCUT2D eigenvalue weighted by atomic mass is 10.3. The zero-order valence-electron chi connectivity index (χ0n) is 10.1. The molecule has 17 heavy (non-hydrogen) atoms. The first kappa shape index (κ1) is 14.7. The molecule has 0 fully saturated rings. The van der Waals surface area contributed by atoms with Crippen LogP contribution in [-0.2, 0) is 10.8 Å². The van der Waals surface area contributed by atoms with Gasteiger partial charge in [-0.1, -0.05) is 15.9 Å². The largest absolute Gasteiger partial charge is 0.492 e. The molecule has 1 rings (SSSR count). The van der Waals surface area contributed by atoms with Crippen molar-refractivity contribution in [1.82, 2.24) is 5.32 Å². The number of benzene rings is 1.